The Morgan fingerprint density at radius 2 is 2.15 bits per heavy atom. The molecular weight excluding hydrogens is 346 g/mol. The van der Waals surface area contributed by atoms with Crippen molar-refractivity contribution >= 4 is 33.4 Å². The number of carbonyl (C=O) groups is 1. The molecule has 1 aliphatic heterocycles. The topological polar surface area (TPSA) is 49.8 Å². The number of hydrogen-bond donors (Lipinski definition) is 1. The van der Waals surface area contributed by atoms with Crippen LogP contribution in [0.25, 0.3) is 0 Å². The standard InChI is InChI=1S/C14H17BrClNO3/c15-5-8-20-11-3-6-17(7-4-11)14(19)12-2-1-10(16)9-13(12)18/h1-2,9,11,18H,3-8H2. The zero-order valence-corrected chi connectivity index (χ0v) is 13.4. The van der Waals surface area contributed by atoms with Crippen LogP contribution < -0.4 is 0 Å². The molecule has 6 heteroatoms. The van der Waals surface area contributed by atoms with Gasteiger partial charge in [0, 0.05) is 23.4 Å². The van der Waals surface area contributed by atoms with Gasteiger partial charge in [0.1, 0.15) is 5.75 Å². The molecule has 0 bridgehead atoms. The minimum absolute atomic E-state index is 0.0693. The first-order chi connectivity index (χ1) is 9.61. The number of halogens is 2. The van der Waals surface area contributed by atoms with Crippen LogP contribution in [0, 0.1) is 0 Å². The van der Waals surface area contributed by atoms with E-state index in [-0.39, 0.29) is 17.8 Å². The highest BCUT2D eigenvalue weighted by Gasteiger charge is 2.25. The van der Waals surface area contributed by atoms with Crippen LogP contribution in [0.3, 0.4) is 0 Å². The van der Waals surface area contributed by atoms with E-state index in [1.54, 1.807) is 17.0 Å². The summed E-state index contributed by atoms with van der Waals surface area (Å²) in [5.41, 5.74) is 0.300. The van der Waals surface area contributed by atoms with Crippen LogP contribution in [0.5, 0.6) is 5.75 Å². The number of carbonyl (C=O) groups excluding carboxylic acids is 1. The lowest BCUT2D eigenvalue weighted by atomic mass is 10.1. The van der Waals surface area contributed by atoms with Gasteiger partial charge in [0.25, 0.3) is 5.91 Å². The quantitative estimate of drug-likeness (QED) is 0.838. The van der Waals surface area contributed by atoms with Gasteiger partial charge in [-0.1, -0.05) is 27.5 Å². The number of amides is 1. The van der Waals surface area contributed by atoms with Gasteiger partial charge in [-0.25, -0.2) is 0 Å². The Hall–Kier alpha value is -0.780. The Bertz CT molecular complexity index is 475. The molecule has 1 fully saturated rings. The molecule has 1 saturated heterocycles. The fourth-order valence-corrected chi connectivity index (χ4v) is 2.65. The highest BCUT2D eigenvalue weighted by atomic mass is 79.9. The predicted molar refractivity (Wildman–Crippen MR) is 81.8 cm³/mol. The fraction of sp³-hybridized carbons (Fsp3) is 0.500. The second kappa shape index (κ2) is 7.29. The third-order valence-electron chi connectivity index (χ3n) is 3.35. The van der Waals surface area contributed by atoms with E-state index in [2.05, 4.69) is 15.9 Å². The number of likely N-dealkylation sites (tertiary alicyclic amines) is 1. The van der Waals surface area contributed by atoms with Crippen LogP contribution in [0.15, 0.2) is 18.2 Å². The molecule has 2 rings (SSSR count). The number of nitrogens with zero attached hydrogens (tertiary/aromatic N) is 1. The Balaban J connectivity index is 1.94. The van der Waals surface area contributed by atoms with Crippen LogP contribution >= 0.6 is 27.5 Å². The maximum atomic E-state index is 12.3. The molecule has 0 saturated carbocycles. The molecule has 1 heterocycles. The first-order valence-electron chi connectivity index (χ1n) is 6.57. The molecule has 1 amide bonds. The van der Waals surface area contributed by atoms with Gasteiger partial charge in [-0.2, -0.15) is 0 Å². The van der Waals surface area contributed by atoms with Gasteiger partial charge in [-0.05, 0) is 31.0 Å². The number of hydrogen-bond acceptors (Lipinski definition) is 3. The van der Waals surface area contributed by atoms with Crippen molar-refractivity contribution in [2.75, 3.05) is 25.0 Å². The predicted octanol–water partition coefficient (Wildman–Crippen LogP) is 3.06. The summed E-state index contributed by atoms with van der Waals surface area (Å²) in [6, 6.07) is 4.56. The van der Waals surface area contributed by atoms with E-state index in [4.69, 9.17) is 16.3 Å². The number of phenolic OH excluding ortho intramolecular Hbond substituents is 1. The monoisotopic (exact) mass is 361 g/mol. The average Bonchev–Trinajstić information content (AvgIpc) is 2.45. The van der Waals surface area contributed by atoms with Gasteiger partial charge in [0.05, 0.1) is 18.3 Å². The summed E-state index contributed by atoms with van der Waals surface area (Å²) in [7, 11) is 0. The van der Waals surface area contributed by atoms with Gasteiger partial charge in [-0.3, -0.25) is 4.79 Å². The lowest BCUT2D eigenvalue weighted by molar-refractivity contribution is 0.0159. The van der Waals surface area contributed by atoms with E-state index in [9.17, 15) is 9.90 Å². The average molecular weight is 363 g/mol. The first-order valence-corrected chi connectivity index (χ1v) is 8.07. The van der Waals surface area contributed by atoms with Crippen LogP contribution in [0.1, 0.15) is 23.2 Å². The molecule has 0 atom stereocenters. The second-order valence-corrected chi connectivity index (χ2v) is 5.94. The van der Waals surface area contributed by atoms with E-state index < -0.39 is 0 Å². The molecule has 1 N–H and O–H groups in total. The van der Waals surface area contributed by atoms with Crippen molar-refractivity contribution in [2.24, 2.45) is 0 Å². The van der Waals surface area contributed by atoms with Crippen molar-refractivity contribution in [2.45, 2.75) is 18.9 Å². The van der Waals surface area contributed by atoms with E-state index in [1.165, 1.54) is 6.07 Å². The summed E-state index contributed by atoms with van der Waals surface area (Å²) in [5, 5.41) is 11.0. The summed E-state index contributed by atoms with van der Waals surface area (Å²) >= 11 is 9.10. The molecule has 1 aromatic carbocycles. The van der Waals surface area contributed by atoms with Gasteiger partial charge in [0.15, 0.2) is 0 Å². The maximum Gasteiger partial charge on any atom is 0.257 e. The minimum Gasteiger partial charge on any atom is -0.507 e. The Labute approximate surface area is 131 Å². The maximum absolute atomic E-state index is 12.3. The molecule has 20 heavy (non-hydrogen) atoms. The molecule has 1 aromatic rings. The van der Waals surface area contributed by atoms with E-state index >= 15 is 0 Å². The summed E-state index contributed by atoms with van der Waals surface area (Å²) in [4.78, 5) is 14.1. The molecule has 0 spiro atoms. The van der Waals surface area contributed by atoms with E-state index in [1.807, 2.05) is 0 Å². The molecule has 110 valence electrons. The number of ether oxygens (including phenoxy) is 1. The van der Waals surface area contributed by atoms with Crippen LogP contribution in [-0.4, -0.2) is 47.0 Å². The molecular formula is C14H17BrClNO3. The largest absolute Gasteiger partial charge is 0.507 e. The smallest absolute Gasteiger partial charge is 0.257 e. The molecule has 4 nitrogen and oxygen atoms in total. The third kappa shape index (κ3) is 3.87. The normalized spacial score (nSPS) is 16.4. The van der Waals surface area contributed by atoms with Gasteiger partial charge < -0.3 is 14.7 Å². The van der Waals surface area contributed by atoms with Gasteiger partial charge in [-0.15, -0.1) is 0 Å². The van der Waals surface area contributed by atoms with Crippen molar-refractivity contribution < 1.29 is 14.6 Å². The van der Waals surface area contributed by atoms with Crippen molar-refractivity contribution in [1.29, 1.82) is 0 Å². The second-order valence-electron chi connectivity index (χ2n) is 4.71. The number of piperidine rings is 1. The first kappa shape index (κ1) is 15.6. The number of alkyl halides is 1. The SMILES string of the molecule is O=C(c1ccc(Cl)cc1O)N1CCC(OCCBr)CC1. The zero-order chi connectivity index (χ0) is 14.5. The molecule has 0 unspecified atom stereocenters. The summed E-state index contributed by atoms with van der Waals surface area (Å²) < 4.78 is 5.65. The number of phenols is 1. The van der Waals surface area contributed by atoms with E-state index in [0.717, 1.165) is 18.2 Å². The number of aromatic hydroxyl groups is 1. The zero-order valence-electron chi connectivity index (χ0n) is 11.0. The van der Waals surface area contributed by atoms with Gasteiger partial charge >= 0.3 is 0 Å². The minimum atomic E-state index is -0.155. The number of benzene rings is 1. The van der Waals surface area contributed by atoms with Crippen LogP contribution in [0.2, 0.25) is 5.02 Å². The molecule has 0 radical (unpaired) electrons. The molecule has 0 aromatic heterocycles. The van der Waals surface area contributed by atoms with Crippen molar-refractivity contribution in [3.05, 3.63) is 28.8 Å². The summed E-state index contributed by atoms with van der Waals surface area (Å²) in [5.74, 6) is -0.224. The lowest BCUT2D eigenvalue weighted by Gasteiger charge is -2.32. The van der Waals surface area contributed by atoms with Crippen LogP contribution in [-0.2, 0) is 4.74 Å². The lowest BCUT2D eigenvalue weighted by Crippen LogP contribution is -2.41. The van der Waals surface area contributed by atoms with Crippen molar-refractivity contribution in [3.8, 4) is 5.75 Å². The number of rotatable bonds is 4. The highest BCUT2D eigenvalue weighted by Crippen LogP contribution is 2.25. The Morgan fingerprint density at radius 3 is 2.75 bits per heavy atom. The highest BCUT2D eigenvalue weighted by molar-refractivity contribution is 9.09. The van der Waals surface area contributed by atoms with Crippen LogP contribution in [0.4, 0.5) is 0 Å². The molecule has 0 aliphatic carbocycles. The van der Waals surface area contributed by atoms with Crippen molar-refractivity contribution in [1.82, 2.24) is 4.90 Å². The van der Waals surface area contributed by atoms with E-state index in [0.29, 0.717) is 30.3 Å². The Morgan fingerprint density at radius 1 is 1.45 bits per heavy atom. The molecule has 1 aliphatic rings. The fourth-order valence-electron chi connectivity index (χ4n) is 2.29. The van der Waals surface area contributed by atoms with Gasteiger partial charge in [0.2, 0.25) is 0 Å². The summed E-state index contributed by atoms with van der Waals surface area (Å²) in [6.07, 6.45) is 1.87. The summed E-state index contributed by atoms with van der Waals surface area (Å²) in [6.45, 7) is 1.98. The third-order valence-corrected chi connectivity index (χ3v) is 3.91. The van der Waals surface area contributed by atoms with Crippen molar-refractivity contribution in [3.63, 3.8) is 0 Å². The Kier molecular flexibility index (Phi) is 5.69.